The van der Waals surface area contributed by atoms with E-state index in [9.17, 15) is 18.8 Å². The number of Topliss-reactive ketones (excluding diaryl/α,β-unsaturated/α-hetero) is 1. The van der Waals surface area contributed by atoms with E-state index in [-0.39, 0.29) is 24.1 Å². The third kappa shape index (κ3) is 4.18. The van der Waals surface area contributed by atoms with Gasteiger partial charge in [-0.15, -0.1) is 0 Å². The summed E-state index contributed by atoms with van der Waals surface area (Å²) in [5.74, 6) is -1.29. The summed E-state index contributed by atoms with van der Waals surface area (Å²) in [5, 5.41) is 5.43. The molecule has 1 aliphatic heterocycles. The lowest BCUT2D eigenvalue weighted by Gasteiger charge is -2.14. The number of carbonyl (C=O) groups excluding carboxylic acids is 3. The molecule has 1 aliphatic rings. The molecule has 0 aliphatic carbocycles. The highest BCUT2D eigenvalue weighted by Crippen LogP contribution is 2.34. The van der Waals surface area contributed by atoms with Crippen molar-refractivity contribution in [2.75, 3.05) is 18.5 Å². The Balaban J connectivity index is 1.87. The predicted molar refractivity (Wildman–Crippen MR) is 112 cm³/mol. The van der Waals surface area contributed by atoms with Crippen LogP contribution in [0.1, 0.15) is 46.7 Å². The van der Waals surface area contributed by atoms with E-state index in [4.69, 9.17) is 4.74 Å². The highest BCUT2D eigenvalue weighted by molar-refractivity contribution is 6.34. The smallest absolute Gasteiger partial charge is 0.256 e. The van der Waals surface area contributed by atoms with E-state index in [0.717, 1.165) is 0 Å². The molecule has 1 aromatic carbocycles. The van der Waals surface area contributed by atoms with Crippen molar-refractivity contribution >= 4 is 34.9 Å². The summed E-state index contributed by atoms with van der Waals surface area (Å²) in [5.41, 5.74) is 3.59. The maximum atomic E-state index is 13.7. The van der Waals surface area contributed by atoms with E-state index >= 15 is 0 Å². The van der Waals surface area contributed by atoms with E-state index in [1.807, 2.05) is 0 Å². The topological polar surface area (TPSA) is 100 Å². The normalized spacial score (nSPS) is 15.1. The first-order valence-corrected chi connectivity index (χ1v) is 9.65. The van der Waals surface area contributed by atoms with Gasteiger partial charge in [-0.1, -0.05) is 0 Å². The molecule has 7 nitrogen and oxygen atoms in total. The highest BCUT2D eigenvalue weighted by Gasteiger charge is 2.26. The third-order valence-corrected chi connectivity index (χ3v) is 5.03. The van der Waals surface area contributed by atoms with Crippen LogP contribution in [-0.4, -0.2) is 41.8 Å². The van der Waals surface area contributed by atoms with Gasteiger partial charge in [0.15, 0.2) is 5.78 Å². The summed E-state index contributed by atoms with van der Waals surface area (Å²) in [4.78, 5) is 39.8. The lowest BCUT2D eigenvalue weighted by atomic mass is 10.0. The number of aromatic nitrogens is 1. The largest absolute Gasteiger partial charge is 0.369 e. The summed E-state index contributed by atoms with van der Waals surface area (Å²) in [6, 6.07) is 4.09. The number of H-pyrrole nitrogens is 1. The molecule has 3 N–H and O–H groups in total. The van der Waals surface area contributed by atoms with E-state index < -0.39 is 11.9 Å². The van der Waals surface area contributed by atoms with Crippen molar-refractivity contribution in [3.8, 4) is 0 Å². The van der Waals surface area contributed by atoms with Crippen LogP contribution in [0.25, 0.3) is 11.6 Å². The number of ketones is 1. The lowest BCUT2D eigenvalue weighted by Crippen LogP contribution is -2.37. The Kier molecular flexibility index (Phi) is 6.17. The van der Waals surface area contributed by atoms with Crippen LogP contribution in [0.3, 0.4) is 0 Å². The Bertz CT molecular complexity index is 1050. The van der Waals surface area contributed by atoms with Gasteiger partial charge < -0.3 is 20.4 Å². The molecule has 1 aromatic heterocycles. The van der Waals surface area contributed by atoms with Gasteiger partial charge in [-0.25, -0.2) is 4.39 Å². The fraction of sp³-hybridized carbons (Fsp3) is 0.318. The number of rotatable bonds is 7. The monoisotopic (exact) mass is 413 g/mol. The number of benzene rings is 1. The summed E-state index contributed by atoms with van der Waals surface area (Å²) in [6.07, 6.45) is 0.909. The minimum Gasteiger partial charge on any atom is -0.369 e. The fourth-order valence-corrected chi connectivity index (χ4v) is 3.50. The van der Waals surface area contributed by atoms with Crippen molar-refractivity contribution in [3.63, 3.8) is 0 Å². The maximum absolute atomic E-state index is 13.7. The number of hydrogen-bond acceptors (Lipinski definition) is 4. The second-order valence-corrected chi connectivity index (χ2v) is 7.13. The van der Waals surface area contributed by atoms with Gasteiger partial charge in [-0.05, 0) is 57.5 Å². The van der Waals surface area contributed by atoms with Gasteiger partial charge in [-0.3, -0.25) is 14.4 Å². The second kappa shape index (κ2) is 8.62. The first-order chi connectivity index (χ1) is 14.2. The first kappa shape index (κ1) is 21.4. The van der Waals surface area contributed by atoms with Crippen LogP contribution in [0.2, 0.25) is 0 Å². The van der Waals surface area contributed by atoms with E-state index in [1.165, 1.54) is 25.1 Å². The number of aryl methyl sites for hydroxylation is 1. The fourth-order valence-electron chi connectivity index (χ4n) is 3.50. The van der Waals surface area contributed by atoms with Crippen molar-refractivity contribution in [2.24, 2.45) is 0 Å². The van der Waals surface area contributed by atoms with Gasteiger partial charge in [0.25, 0.3) is 11.8 Å². The molecule has 2 heterocycles. The molecular formula is C22H24FN3O4. The predicted octanol–water partition coefficient (Wildman–Crippen LogP) is 2.99. The number of fused-ring (bicyclic) bond motifs is 1. The average Bonchev–Trinajstić information content (AvgIpc) is 3.14. The standard InChI is InChI=1S/C22H24FN3O4/c1-5-30-19(13(4)27)10-24-22(29)20-11(2)18(25-12(20)3)9-16-15-8-14(23)6-7-17(15)26-21(16)28/h6-9,19,25H,5,10H2,1-4H3,(H,24,29)(H,26,28)/b16-9-. The Morgan fingerprint density at radius 1 is 1.30 bits per heavy atom. The number of carbonyl (C=O) groups is 3. The SMILES string of the molecule is CCOC(CNC(=O)c1c(C)[nH]c(/C=C2\C(=O)Nc3ccc(F)cc32)c1C)C(C)=O. The van der Waals surface area contributed by atoms with Gasteiger partial charge in [-0.2, -0.15) is 0 Å². The van der Waals surface area contributed by atoms with Crippen LogP contribution in [-0.2, 0) is 14.3 Å². The minimum absolute atomic E-state index is 0.0670. The molecule has 2 amide bonds. The van der Waals surface area contributed by atoms with Gasteiger partial charge in [0.2, 0.25) is 0 Å². The quantitative estimate of drug-likeness (QED) is 0.608. The highest BCUT2D eigenvalue weighted by atomic mass is 19.1. The zero-order valence-electron chi connectivity index (χ0n) is 17.3. The molecule has 1 atom stereocenters. The van der Waals surface area contributed by atoms with Crippen molar-refractivity contribution < 1.29 is 23.5 Å². The van der Waals surface area contributed by atoms with Crippen molar-refractivity contribution in [3.05, 3.63) is 52.1 Å². The van der Waals surface area contributed by atoms with Crippen LogP contribution < -0.4 is 10.6 Å². The minimum atomic E-state index is -0.700. The Morgan fingerprint density at radius 3 is 2.70 bits per heavy atom. The molecular weight excluding hydrogens is 389 g/mol. The molecule has 2 aromatic rings. The van der Waals surface area contributed by atoms with E-state index in [0.29, 0.717) is 45.9 Å². The zero-order chi connectivity index (χ0) is 22.0. The second-order valence-electron chi connectivity index (χ2n) is 7.13. The summed E-state index contributed by atoms with van der Waals surface area (Å²) in [6.45, 7) is 7.13. The molecule has 30 heavy (non-hydrogen) atoms. The Labute approximate surface area is 173 Å². The molecule has 0 radical (unpaired) electrons. The third-order valence-electron chi connectivity index (χ3n) is 5.03. The van der Waals surface area contributed by atoms with Crippen LogP contribution in [0.4, 0.5) is 10.1 Å². The molecule has 0 saturated heterocycles. The van der Waals surface area contributed by atoms with Crippen molar-refractivity contribution in [1.29, 1.82) is 0 Å². The van der Waals surface area contributed by atoms with Gasteiger partial charge in [0, 0.05) is 29.2 Å². The van der Waals surface area contributed by atoms with Crippen LogP contribution in [0.5, 0.6) is 0 Å². The van der Waals surface area contributed by atoms with Gasteiger partial charge >= 0.3 is 0 Å². The molecule has 0 saturated carbocycles. The summed E-state index contributed by atoms with van der Waals surface area (Å²) in [7, 11) is 0. The van der Waals surface area contributed by atoms with Crippen LogP contribution >= 0.6 is 0 Å². The lowest BCUT2D eigenvalue weighted by molar-refractivity contribution is -0.127. The number of ether oxygens (including phenoxy) is 1. The van der Waals surface area contributed by atoms with Gasteiger partial charge in [0.05, 0.1) is 17.7 Å². The molecule has 0 bridgehead atoms. The van der Waals surface area contributed by atoms with Gasteiger partial charge in [0.1, 0.15) is 11.9 Å². The summed E-state index contributed by atoms with van der Waals surface area (Å²) >= 11 is 0. The van der Waals surface area contributed by atoms with Crippen molar-refractivity contribution in [1.82, 2.24) is 10.3 Å². The average molecular weight is 413 g/mol. The van der Waals surface area contributed by atoms with E-state index in [2.05, 4.69) is 15.6 Å². The maximum Gasteiger partial charge on any atom is 0.256 e. The van der Waals surface area contributed by atoms with E-state index in [1.54, 1.807) is 26.8 Å². The zero-order valence-corrected chi connectivity index (χ0v) is 17.3. The Hall–Kier alpha value is -3.26. The number of halogens is 1. The molecule has 0 spiro atoms. The van der Waals surface area contributed by atoms with Crippen LogP contribution in [0, 0.1) is 19.7 Å². The molecule has 3 rings (SSSR count). The number of nitrogens with one attached hydrogen (secondary N) is 3. The van der Waals surface area contributed by atoms with Crippen LogP contribution in [0.15, 0.2) is 18.2 Å². The number of anilines is 1. The molecule has 0 fully saturated rings. The molecule has 8 heteroatoms. The molecule has 1 unspecified atom stereocenters. The van der Waals surface area contributed by atoms with Crippen molar-refractivity contribution in [2.45, 2.75) is 33.8 Å². The number of aromatic amines is 1. The Morgan fingerprint density at radius 2 is 2.03 bits per heavy atom. The molecule has 158 valence electrons. The number of amides is 2. The first-order valence-electron chi connectivity index (χ1n) is 9.65. The summed E-state index contributed by atoms with van der Waals surface area (Å²) < 4.78 is 19.0. The number of hydrogen-bond donors (Lipinski definition) is 3.